The zero-order valence-electron chi connectivity index (χ0n) is 9.82. The fourth-order valence-electron chi connectivity index (χ4n) is 1.57. The number of halogens is 3. The van der Waals surface area contributed by atoms with E-state index < -0.39 is 6.10 Å². The van der Waals surface area contributed by atoms with E-state index in [1.54, 1.807) is 30.0 Å². The second-order valence-corrected chi connectivity index (χ2v) is 6.72. The summed E-state index contributed by atoms with van der Waals surface area (Å²) in [6, 6.07) is 13.2. The minimum atomic E-state index is -0.639. The van der Waals surface area contributed by atoms with Gasteiger partial charge in [0.1, 0.15) is 0 Å². The fraction of sp³-hybridized carbons (Fsp3) is 0.143. The van der Waals surface area contributed by atoms with Crippen LogP contribution in [0, 0.1) is 0 Å². The van der Waals surface area contributed by atoms with Crippen LogP contribution in [0.15, 0.2) is 51.8 Å². The molecule has 0 heterocycles. The molecule has 2 aromatic carbocycles. The van der Waals surface area contributed by atoms with E-state index in [1.165, 1.54) is 0 Å². The van der Waals surface area contributed by atoms with Gasteiger partial charge < -0.3 is 5.11 Å². The highest BCUT2D eigenvalue weighted by Gasteiger charge is 2.13. The summed E-state index contributed by atoms with van der Waals surface area (Å²) in [7, 11) is 0. The molecule has 0 fully saturated rings. The Morgan fingerprint density at radius 2 is 1.79 bits per heavy atom. The molecule has 19 heavy (non-hydrogen) atoms. The molecule has 2 rings (SSSR count). The number of hydrogen-bond donors (Lipinski definition) is 1. The van der Waals surface area contributed by atoms with Crippen LogP contribution in [0.4, 0.5) is 0 Å². The van der Waals surface area contributed by atoms with Crippen molar-refractivity contribution >= 4 is 50.9 Å². The molecule has 1 atom stereocenters. The predicted octanol–water partition coefficient (Wildman–Crippen LogP) is 5.58. The summed E-state index contributed by atoms with van der Waals surface area (Å²) in [5.74, 6) is 0.529. The van der Waals surface area contributed by atoms with Gasteiger partial charge in [0.25, 0.3) is 0 Å². The summed E-state index contributed by atoms with van der Waals surface area (Å²) in [5.41, 5.74) is 0.666. The maximum Gasteiger partial charge on any atom is 0.0898 e. The van der Waals surface area contributed by atoms with E-state index in [1.807, 2.05) is 24.3 Å². The Morgan fingerprint density at radius 3 is 2.47 bits per heavy atom. The molecule has 0 spiro atoms. The Balaban J connectivity index is 2.03. The van der Waals surface area contributed by atoms with E-state index in [2.05, 4.69) is 15.9 Å². The summed E-state index contributed by atoms with van der Waals surface area (Å²) < 4.78 is 1.04. The minimum Gasteiger partial charge on any atom is -0.387 e. The molecule has 0 aliphatic heterocycles. The zero-order valence-corrected chi connectivity index (χ0v) is 13.7. The Hall–Kier alpha value is -0.190. The van der Waals surface area contributed by atoms with Crippen molar-refractivity contribution in [2.75, 3.05) is 5.75 Å². The lowest BCUT2D eigenvalue weighted by Gasteiger charge is -2.13. The van der Waals surface area contributed by atoms with Crippen molar-refractivity contribution in [3.63, 3.8) is 0 Å². The molecule has 100 valence electrons. The van der Waals surface area contributed by atoms with E-state index in [4.69, 9.17) is 23.2 Å². The van der Waals surface area contributed by atoms with Gasteiger partial charge in [-0.05, 0) is 30.3 Å². The van der Waals surface area contributed by atoms with Crippen molar-refractivity contribution in [1.82, 2.24) is 0 Å². The van der Waals surface area contributed by atoms with Gasteiger partial charge in [-0.25, -0.2) is 0 Å². The molecule has 0 aromatic heterocycles. The smallest absolute Gasteiger partial charge is 0.0898 e. The van der Waals surface area contributed by atoms with Crippen molar-refractivity contribution < 1.29 is 5.11 Å². The van der Waals surface area contributed by atoms with E-state index in [0.29, 0.717) is 21.4 Å². The maximum atomic E-state index is 10.2. The SMILES string of the molecule is OC(CSc1ccc(Br)cc1)c1cccc(Cl)c1Cl. The number of thioether (sulfide) groups is 1. The van der Waals surface area contributed by atoms with Crippen molar-refractivity contribution in [2.45, 2.75) is 11.0 Å². The highest BCUT2D eigenvalue weighted by Crippen LogP contribution is 2.33. The number of hydrogen-bond acceptors (Lipinski definition) is 2. The molecule has 0 aliphatic rings. The average molecular weight is 378 g/mol. The first kappa shape index (κ1) is 15.2. The van der Waals surface area contributed by atoms with Crippen LogP contribution in [0.2, 0.25) is 10.0 Å². The van der Waals surface area contributed by atoms with Crippen molar-refractivity contribution in [2.24, 2.45) is 0 Å². The molecular formula is C14H11BrCl2OS. The van der Waals surface area contributed by atoms with E-state index in [0.717, 1.165) is 9.37 Å². The molecule has 0 bridgehead atoms. The zero-order chi connectivity index (χ0) is 13.8. The minimum absolute atomic E-state index is 0.424. The van der Waals surface area contributed by atoms with Crippen LogP contribution in [-0.2, 0) is 0 Å². The molecule has 5 heteroatoms. The Kier molecular flexibility index (Phi) is 5.60. The van der Waals surface area contributed by atoms with Crippen LogP contribution in [0.25, 0.3) is 0 Å². The van der Waals surface area contributed by atoms with Gasteiger partial charge in [-0.2, -0.15) is 0 Å². The summed E-state index contributed by atoms with van der Waals surface area (Å²) >= 11 is 17.0. The normalized spacial score (nSPS) is 12.4. The van der Waals surface area contributed by atoms with E-state index in [-0.39, 0.29) is 0 Å². The van der Waals surface area contributed by atoms with Crippen LogP contribution in [-0.4, -0.2) is 10.9 Å². The molecule has 1 nitrogen and oxygen atoms in total. The van der Waals surface area contributed by atoms with Gasteiger partial charge in [0.15, 0.2) is 0 Å². The van der Waals surface area contributed by atoms with Crippen LogP contribution in [0.5, 0.6) is 0 Å². The first-order valence-electron chi connectivity index (χ1n) is 5.58. The first-order valence-corrected chi connectivity index (χ1v) is 8.11. The Morgan fingerprint density at radius 1 is 1.11 bits per heavy atom. The third-order valence-electron chi connectivity index (χ3n) is 2.56. The van der Waals surface area contributed by atoms with Crippen molar-refractivity contribution in [3.8, 4) is 0 Å². The molecule has 2 aromatic rings. The molecule has 0 saturated carbocycles. The topological polar surface area (TPSA) is 20.2 Å². The van der Waals surface area contributed by atoms with Gasteiger partial charge >= 0.3 is 0 Å². The van der Waals surface area contributed by atoms with Crippen LogP contribution in [0.3, 0.4) is 0 Å². The number of aliphatic hydroxyl groups excluding tert-OH is 1. The maximum absolute atomic E-state index is 10.2. The number of benzene rings is 2. The van der Waals surface area contributed by atoms with Crippen molar-refractivity contribution in [3.05, 3.63) is 62.5 Å². The molecule has 0 saturated heterocycles. The summed E-state index contributed by atoms with van der Waals surface area (Å²) in [4.78, 5) is 1.10. The quantitative estimate of drug-likeness (QED) is 0.701. The standard InChI is InChI=1S/C14H11BrCl2OS/c15-9-4-6-10(7-5-9)19-8-13(18)11-2-1-3-12(16)14(11)17/h1-7,13,18H,8H2. The molecular weight excluding hydrogens is 367 g/mol. The molecule has 1 N–H and O–H groups in total. The lowest BCUT2D eigenvalue weighted by atomic mass is 10.1. The van der Waals surface area contributed by atoms with E-state index >= 15 is 0 Å². The van der Waals surface area contributed by atoms with Crippen LogP contribution >= 0.6 is 50.9 Å². The second-order valence-electron chi connectivity index (χ2n) is 3.92. The third-order valence-corrected chi connectivity index (χ3v) is 5.01. The summed E-state index contributed by atoms with van der Waals surface area (Å²) in [6.07, 6.45) is -0.639. The Labute approximate surface area is 135 Å². The van der Waals surface area contributed by atoms with Gasteiger partial charge in [0, 0.05) is 20.7 Å². The highest BCUT2D eigenvalue weighted by molar-refractivity contribution is 9.10. The number of aliphatic hydroxyl groups is 1. The second kappa shape index (κ2) is 7.00. The van der Waals surface area contributed by atoms with E-state index in [9.17, 15) is 5.11 Å². The van der Waals surface area contributed by atoms with Gasteiger partial charge in [0.2, 0.25) is 0 Å². The number of rotatable bonds is 4. The van der Waals surface area contributed by atoms with Crippen LogP contribution < -0.4 is 0 Å². The monoisotopic (exact) mass is 376 g/mol. The molecule has 1 unspecified atom stereocenters. The lowest BCUT2D eigenvalue weighted by Crippen LogP contribution is -2.01. The molecule has 0 amide bonds. The predicted molar refractivity (Wildman–Crippen MR) is 86.3 cm³/mol. The van der Waals surface area contributed by atoms with Crippen molar-refractivity contribution in [1.29, 1.82) is 0 Å². The molecule has 0 aliphatic carbocycles. The fourth-order valence-corrected chi connectivity index (χ4v) is 3.13. The third kappa shape index (κ3) is 4.14. The Bertz CT molecular complexity index is 560. The molecule has 0 radical (unpaired) electrons. The van der Waals surface area contributed by atoms with Crippen LogP contribution in [0.1, 0.15) is 11.7 Å². The summed E-state index contributed by atoms with van der Waals surface area (Å²) in [5, 5.41) is 11.1. The average Bonchev–Trinajstić information content (AvgIpc) is 2.41. The highest BCUT2D eigenvalue weighted by atomic mass is 79.9. The van der Waals surface area contributed by atoms with Gasteiger partial charge in [-0.1, -0.05) is 51.3 Å². The van der Waals surface area contributed by atoms with Gasteiger partial charge in [-0.3, -0.25) is 0 Å². The first-order chi connectivity index (χ1) is 9.08. The summed E-state index contributed by atoms with van der Waals surface area (Å²) in [6.45, 7) is 0. The lowest BCUT2D eigenvalue weighted by molar-refractivity contribution is 0.204. The van der Waals surface area contributed by atoms with Gasteiger partial charge in [-0.15, -0.1) is 11.8 Å². The largest absolute Gasteiger partial charge is 0.387 e. The van der Waals surface area contributed by atoms with Gasteiger partial charge in [0.05, 0.1) is 16.1 Å².